The van der Waals surface area contributed by atoms with Crippen molar-refractivity contribution in [1.82, 2.24) is 19.9 Å². The fraction of sp³-hybridized carbons (Fsp3) is 0.368. The summed E-state index contributed by atoms with van der Waals surface area (Å²) in [7, 11) is 0. The number of anilines is 4. The van der Waals surface area contributed by atoms with E-state index in [4.69, 9.17) is 9.97 Å². The molecule has 0 spiro atoms. The molecule has 12 nitrogen and oxygen atoms in total. The van der Waals surface area contributed by atoms with E-state index in [1.165, 1.54) is 0 Å². The Morgan fingerprint density at radius 2 is 0.557 bits per heavy atom. The summed E-state index contributed by atoms with van der Waals surface area (Å²) < 4.78 is 0. The lowest BCUT2D eigenvalue weighted by atomic mass is 9.78. The predicted octanol–water partition coefficient (Wildman–Crippen LogP) is 18.9. The third-order valence-electron chi connectivity index (χ3n) is 16.4. The maximum Gasteiger partial charge on any atom is 0.226 e. The standard InChI is InChI=1S/C76H90N8O4/c1-41(2)69(85)81-51-23-21-24-52(82-70(86)42(3)4)65(51)67-59-31-27-55(77-59)63(45-35-47(73(9,10)11)39-48(36-45)74(12,13)14)57-29-33-61(79-57)68(66-53(83-71(87)43(5)6)25-22-26-54(66)84-72(88)44(7)8)62-34-30-58(80-62)64(56-28-32-60(67)78-56)46-37-49(75(15,16)17)40-50(38-46)76(18,19)20/h21-44,77,80H,1-20H3,(H,81,85)(H,82,86)(H,83,87)(H,84,88). The number of aromatic nitrogens is 4. The van der Waals surface area contributed by atoms with E-state index in [0.717, 1.165) is 55.5 Å². The Labute approximate surface area is 521 Å². The summed E-state index contributed by atoms with van der Waals surface area (Å²) in [5, 5.41) is 13.0. The van der Waals surface area contributed by atoms with Crippen molar-refractivity contribution < 1.29 is 19.2 Å². The van der Waals surface area contributed by atoms with E-state index < -0.39 is 0 Å². The molecule has 0 saturated carbocycles. The number of carbonyl (C=O) groups is 4. The van der Waals surface area contributed by atoms with E-state index in [9.17, 15) is 19.2 Å². The second kappa shape index (κ2) is 24.1. The van der Waals surface area contributed by atoms with E-state index in [0.29, 0.717) is 78.8 Å². The van der Waals surface area contributed by atoms with Crippen molar-refractivity contribution >= 4 is 92.7 Å². The average molecular weight is 1180 g/mol. The molecule has 5 heterocycles. The Bertz CT molecular complexity index is 3760. The van der Waals surface area contributed by atoms with Crippen LogP contribution >= 0.6 is 0 Å². The number of amides is 4. The Morgan fingerprint density at radius 3 is 0.784 bits per heavy atom. The van der Waals surface area contributed by atoms with Gasteiger partial charge in [-0.2, -0.15) is 0 Å². The van der Waals surface area contributed by atoms with Crippen molar-refractivity contribution in [2.75, 3.05) is 21.3 Å². The molecule has 7 aromatic rings. The van der Waals surface area contributed by atoms with Crippen LogP contribution in [0, 0.1) is 23.7 Å². The molecular formula is C76H90N8O4. The third-order valence-corrected chi connectivity index (χ3v) is 16.4. The summed E-state index contributed by atoms with van der Waals surface area (Å²) in [5.74, 6) is -2.16. The Hall–Kier alpha value is -8.64. The first-order valence-corrected chi connectivity index (χ1v) is 31.1. The van der Waals surface area contributed by atoms with Gasteiger partial charge in [-0.25, -0.2) is 9.97 Å². The minimum atomic E-state index is -0.356. The topological polar surface area (TPSA) is 174 Å². The smallest absolute Gasteiger partial charge is 0.226 e. The first kappa shape index (κ1) is 63.9. The summed E-state index contributed by atoms with van der Waals surface area (Å²) in [4.78, 5) is 75.3. The highest BCUT2D eigenvalue weighted by molar-refractivity contribution is 6.11. The van der Waals surface area contributed by atoms with E-state index >= 15 is 0 Å². The number of fused-ring (bicyclic) bond motifs is 8. The minimum Gasteiger partial charge on any atom is -0.354 e. The lowest BCUT2D eigenvalue weighted by Gasteiger charge is -2.26. The second-order valence-electron chi connectivity index (χ2n) is 29.1. The van der Waals surface area contributed by atoms with Crippen LogP contribution in [0.2, 0.25) is 0 Å². The molecule has 12 heteroatoms. The molecule has 3 aromatic heterocycles. The number of hydrogen-bond acceptors (Lipinski definition) is 6. The lowest BCUT2D eigenvalue weighted by Crippen LogP contribution is -2.20. The van der Waals surface area contributed by atoms with Gasteiger partial charge in [0, 0.05) is 79.1 Å². The molecule has 0 fully saturated rings. The highest BCUT2D eigenvalue weighted by atomic mass is 16.2. The Balaban J connectivity index is 1.58. The number of H-pyrrole nitrogens is 2. The van der Waals surface area contributed by atoms with Crippen LogP contribution in [-0.2, 0) is 40.8 Å². The van der Waals surface area contributed by atoms with Crippen LogP contribution in [0.3, 0.4) is 0 Å². The van der Waals surface area contributed by atoms with Gasteiger partial charge in [-0.15, -0.1) is 0 Å². The number of hydrogen-bond donors (Lipinski definition) is 6. The van der Waals surface area contributed by atoms with Crippen molar-refractivity contribution in [3.63, 3.8) is 0 Å². The second-order valence-corrected chi connectivity index (χ2v) is 29.1. The molecule has 0 atom stereocenters. The number of benzene rings is 4. The number of nitrogens with zero attached hydrogens (tertiary/aromatic N) is 2. The number of rotatable bonds is 12. The maximum absolute atomic E-state index is 14.0. The van der Waals surface area contributed by atoms with Crippen LogP contribution < -0.4 is 21.3 Å². The first-order valence-electron chi connectivity index (χ1n) is 31.1. The third kappa shape index (κ3) is 13.4. The van der Waals surface area contributed by atoms with E-state index in [2.05, 4.69) is 163 Å². The number of nitrogens with one attached hydrogen (secondary N) is 6. The zero-order valence-corrected chi connectivity index (χ0v) is 55.4. The molecule has 0 saturated heterocycles. The van der Waals surface area contributed by atoms with Gasteiger partial charge in [0.25, 0.3) is 0 Å². The number of aromatic amines is 2. The van der Waals surface area contributed by atoms with Gasteiger partial charge in [0.15, 0.2) is 0 Å². The molecule has 88 heavy (non-hydrogen) atoms. The first-order chi connectivity index (χ1) is 41.1. The van der Waals surface area contributed by atoms with Gasteiger partial charge in [-0.05, 0) is 128 Å². The summed E-state index contributed by atoms with van der Waals surface area (Å²) in [6, 6.07) is 33.1. The van der Waals surface area contributed by atoms with Crippen molar-refractivity contribution in [1.29, 1.82) is 0 Å². The summed E-state index contributed by atoms with van der Waals surface area (Å²) in [6.07, 6.45) is 8.13. The van der Waals surface area contributed by atoms with Crippen LogP contribution in [0.25, 0.3) is 90.9 Å². The van der Waals surface area contributed by atoms with Gasteiger partial charge in [-0.1, -0.05) is 187 Å². The van der Waals surface area contributed by atoms with Gasteiger partial charge >= 0.3 is 0 Å². The van der Waals surface area contributed by atoms with E-state index in [1.807, 2.05) is 128 Å². The minimum absolute atomic E-state index is 0.185. The highest BCUT2D eigenvalue weighted by Crippen LogP contribution is 2.47. The Morgan fingerprint density at radius 1 is 0.330 bits per heavy atom. The molecule has 2 aliphatic heterocycles. The zero-order valence-electron chi connectivity index (χ0n) is 55.4. The molecule has 2 aliphatic rings. The molecule has 458 valence electrons. The van der Waals surface area contributed by atoms with Gasteiger partial charge < -0.3 is 31.2 Å². The van der Waals surface area contributed by atoms with Gasteiger partial charge in [0.05, 0.1) is 45.5 Å². The van der Waals surface area contributed by atoms with Crippen LogP contribution in [-0.4, -0.2) is 43.6 Å². The van der Waals surface area contributed by atoms with Gasteiger partial charge in [0.1, 0.15) is 0 Å². The van der Waals surface area contributed by atoms with Crippen LogP contribution in [0.15, 0.2) is 97.1 Å². The van der Waals surface area contributed by atoms with Gasteiger partial charge in [-0.3, -0.25) is 19.2 Å². The SMILES string of the molecule is CC(C)C(=O)Nc1cccc(NC(=O)C(C)C)c1-c1c2nc(c(-c3cc(C(C)(C)C)cc(C(C)(C)C)c3)c3ccc([nH]3)c(-c3c(NC(=O)C(C)C)cccc3NC(=O)C(C)C)c3nc(c(-c4cc(C(C)(C)C)cc(C(C)(C)C)c4)c4ccc1[nH]4)C=C3)C=C2. The van der Waals surface area contributed by atoms with Crippen molar-refractivity contribution in [3.05, 3.63) is 142 Å². The summed E-state index contributed by atoms with van der Waals surface area (Å²) in [5.41, 5.74) is 17.0. The predicted molar refractivity (Wildman–Crippen MR) is 369 cm³/mol. The summed E-state index contributed by atoms with van der Waals surface area (Å²) in [6.45, 7) is 41.6. The molecule has 0 aliphatic carbocycles. The molecule has 8 bridgehead atoms. The normalized spacial score (nSPS) is 12.8. The molecule has 0 radical (unpaired) electrons. The van der Waals surface area contributed by atoms with Gasteiger partial charge in [0.2, 0.25) is 23.6 Å². The molecule has 4 aromatic carbocycles. The monoisotopic (exact) mass is 1180 g/mol. The van der Waals surface area contributed by atoms with Crippen molar-refractivity contribution in [2.45, 2.75) is 160 Å². The van der Waals surface area contributed by atoms with Crippen molar-refractivity contribution in [2.24, 2.45) is 23.7 Å². The van der Waals surface area contributed by atoms with E-state index in [-0.39, 0.29) is 69.0 Å². The fourth-order valence-corrected chi connectivity index (χ4v) is 10.8. The lowest BCUT2D eigenvalue weighted by molar-refractivity contribution is -0.119. The molecule has 0 unspecified atom stereocenters. The van der Waals surface area contributed by atoms with Crippen molar-refractivity contribution in [3.8, 4) is 44.5 Å². The largest absolute Gasteiger partial charge is 0.354 e. The average Bonchev–Trinajstić information content (AvgIpc) is 1.59. The molecule has 6 N–H and O–H groups in total. The maximum atomic E-state index is 14.0. The number of carbonyl (C=O) groups excluding carboxylic acids is 4. The summed E-state index contributed by atoms with van der Waals surface area (Å²) >= 11 is 0. The fourth-order valence-electron chi connectivity index (χ4n) is 10.8. The molecule has 4 amide bonds. The van der Waals surface area contributed by atoms with E-state index in [1.54, 1.807) is 0 Å². The van der Waals surface area contributed by atoms with Crippen LogP contribution in [0.5, 0.6) is 0 Å². The zero-order chi connectivity index (χ0) is 64.3. The van der Waals surface area contributed by atoms with Crippen LogP contribution in [0.1, 0.15) is 184 Å². The van der Waals surface area contributed by atoms with Crippen LogP contribution in [0.4, 0.5) is 22.7 Å². The Kier molecular flexibility index (Phi) is 17.5. The molecule has 9 rings (SSSR count). The quantitative estimate of drug-likeness (QED) is 0.0710. The highest BCUT2D eigenvalue weighted by Gasteiger charge is 2.29. The molecular weight excluding hydrogens is 1090 g/mol.